The molecule has 0 atom stereocenters. The minimum atomic E-state index is -1.02. The molecule has 0 aromatic carbocycles. The summed E-state index contributed by atoms with van der Waals surface area (Å²) in [7, 11) is 0. The topological polar surface area (TPSA) is 54.6 Å². The van der Waals surface area contributed by atoms with Crippen LogP contribution in [0.5, 0.6) is 0 Å². The van der Waals surface area contributed by atoms with Crippen molar-refractivity contribution in [3.05, 3.63) is 34.3 Å². The lowest BCUT2D eigenvalue weighted by Gasteiger charge is -1.97. The molecule has 0 aliphatic heterocycles. The number of aromatic nitrogens is 2. The highest BCUT2D eigenvalue weighted by atomic mass is 79.9. The molecule has 2 rings (SSSR count). The van der Waals surface area contributed by atoms with Gasteiger partial charge in [-0.2, -0.15) is 0 Å². The van der Waals surface area contributed by atoms with E-state index in [1.54, 1.807) is 17.5 Å². The van der Waals surface area contributed by atoms with Crippen LogP contribution in [0.1, 0.15) is 16.3 Å². The predicted octanol–water partition coefficient (Wildman–Crippen LogP) is 2.10. The lowest BCUT2D eigenvalue weighted by atomic mass is 10.3. The third-order valence-corrected chi connectivity index (χ3v) is 2.45. The van der Waals surface area contributed by atoms with Crippen molar-refractivity contribution in [2.24, 2.45) is 0 Å². The lowest BCUT2D eigenvalue weighted by molar-refractivity contribution is 0.0682. The van der Waals surface area contributed by atoms with E-state index in [9.17, 15) is 4.79 Å². The van der Waals surface area contributed by atoms with Gasteiger partial charge in [-0.1, -0.05) is 0 Å². The van der Waals surface area contributed by atoms with Gasteiger partial charge in [0.15, 0.2) is 0 Å². The summed E-state index contributed by atoms with van der Waals surface area (Å²) in [5.74, 6) is -0.981. The van der Waals surface area contributed by atoms with Crippen LogP contribution in [-0.2, 0) is 0 Å². The van der Waals surface area contributed by atoms with Gasteiger partial charge in [-0.05, 0) is 35.0 Å². The number of aromatic carboxylic acids is 1. The molecule has 0 spiro atoms. The first kappa shape index (κ1) is 9.21. The van der Waals surface area contributed by atoms with Gasteiger partial charge in [0.1, 0.15) is 0 Å². The Bertz CT molecular complexity index is 519. The predicted molar refractivity (Wildman–Crippen MR) is 54.6 cm³/mol. The van der Waals surface area contributed by atoms with Gasteiger partial charge >= 0.3 is 5.97 Å². The number of pyridine rings is 1. The molecule has 4 nitrogen and oxygen atoms in total. The molecule has 14 heavy (non-hydrogen) atoms. The van der Waals surface area contributed by atoms with Crippen LogP contribution in [0.2, 0.25) is 0 Å². The molecular weight excluding hydrogens is 248 g/mol. The summed E-state index contributed by atoms with van der Waals surface area (Å²) in [6.45, 7) is 1.79. The maximum absolute atomic E-state index is 10.8. The monoisotopic (exact) mass is 254 g/mol. The van der Waals surface area contributed by atoms with Crippen LogP contribution < -0.4 is 0 Å². The van der Waals surface area contributed by atoms with Crippen molar-refractivity contribution in [1.29, 1.82) is 0 Å². The smallest absolute Gasteiger partial charge is 0.372 e. The maximum atomic E-state index is 10.8. The first-order valence-electron chi connectivity index (χ1n) is 3.97. The lowest BCUT2D eigenvalue weighted by Crippen LogP contribution is -2.03. The summed E-state index contributed by atoms with van der Waals surface area (Å²) in [5, 5.41) is 8.89. The molecule has 1 N–H and O–H groups in total. The van der Waals surface area contributed by atoms with Gasteiger partial charge in [0.2, 0.25) is 5.82 Å². The van der Waals surface area contributed by atoms with Crippen molar-refractivity contribution in [2.45, 2.75) is 6.92 Å². The fraction of sp³-hybridized carbons (Fsp3) is 0.111. The number of rotatable bonds is 1. The number of carboxylic acids is 1. The van der Waals surface area contributed by atoms with E-state index < -0.39 is 5.97 Å². The Morgan fingerprint density at radius 2 is 2.29 bits per heavy atom. The molecule has 0 bridgehead atoms. The summed E-state index contributed by atoms with van der Waals surface area (Å²) in [6.07, 6.45) is 1.69. The third kappa shape index (κ3) is 1.29. The van der Waals surface area contributed by atoms with Gasteiger partial charge in [-0.3, -0.25) is 4.40 Å². The zero-order chi connectivity index (χ0) is 10.3. The number of imidazole rings is 1. The minimum absolute atomic E-state index is 0.0406. The Hall–Kier alpha value is -1.36. The molecule has 5 heteroatoms. The number of hydrogen-bond donors (Lipinski definition) is 1. The zero-order valence-electron chi connectivity index (χ0n) is 7.36. The van der Waals surface area contributed by atoms with Crippen LogP contribution in [0.4, 0.5) is 0 Å². The highest BCUT2D eigenvalue weighted by molar-refractivity contribution is 9.10. The maximum Gasteiger partial charge on any atom is 0.372 e. The number of carbonyl (C=O) groups is 1. The summed E-state index contributed by atoms with van der Waals surface area (Å²) < 4.78 is 2.38. The van der Waals surface area contributed by atoms with Crippen LogP contribution in [0.3, 0.4) is 0 Å². The number of hydrogen-bond acceptors (Lipinski definition) is 2. The largest absolute Gasteiger partial charge is 0.475 e. The quantitative estimate of drug-likeness (QED) is 0.848. The van der Waals surface area contributed by atoms with E-state index in [0.717, 1.165) is 15.7 Å². The van der Waals surface area contributed by atoms with Crippen molar-refractivity contribution in [2.75, 3.05) is 0 Å². The second-order valence-corrected chi connectivity index (χ2v) is 3.84. The van der Waals surface area contributed by atoms with E-state index in [-0.39, 0.29) is 5.82 Å². The summed E-state index contributed by atoms with van der Waals surface area (Å²) in [5.41, 5.74) is 1.53. The Morgan fingerprint density at radius 3 is 2.93 bits per heavy atom. The second-order valence-electron chi connectivity index (χ2n) is 2.93. The third-order valence-electron chi connectivity index (χ3n) is 1.98. The van der Waals surface area contributed by atoms with Crippen molar-refractivity contribution < 1.29 is 9.90 Å². The molecule has 72 valence electrons. The van der Waals surface area contributed by atoms with Crippen LogP contribution >= 0.6 is 15.9 Å². The highest BCUT2D eigenvalue weighted by Crippen LogP contribution is 2.17. The Morgan fingerprint density at radius 1 is 1.57 bits per heavy atom. The van der Waals surface area contributed by atoms with Crippen LogP contribution in [0, 0.1) is 6.92 Å². The Balaban J connectivity index is 2.85. The number of carboxylic acid groups (broad SMARTS) is 1. The first-order chi connectivity index (χ1) is 6.59. The number of aryl methyl sites for hydroxylation is 1. The van der Waals surface area contributed by atoms with Crippen LogP contribution in [0.25, 0.3) is 5.52 Å². The van der Waals surface area contributed by atoms with Gasteiger partial charge in [-0.15, -0.1) is 0 Å². The van der Waals surface area contributed by atoms with Gasteiger partial charge in [0.25, 0.3) is 0 Å². The van der Waals surface area contributed by atoms with Crippen molar-refractivity contribution in [3.8, 4) is 0 Å². The van der Waals surface area contributed by atoms with Crippen molar-refractivity contribution >= 4 is 27.4 Å². The molecule has 0 fully saturated rings. The zero-order valence-corrected chi connectivity index (χ0v) is 8.95. The van der Waals surface area contributed by atoms with Gasteiger partial charge < -0.3 is 5.11 Å². The second kappa shape index (κ2) is 3.09. The molecular formula is C9H7BrN2O2. The van der Waals surface area contributed by atoms with Crippen molar-refractivity contribution in [1.82, 2.24) is 9.38 Å². The van der Waals surface area contributed by atoms with E-state index in [1.807, 2.05) is 12.1 Å². The SMILES string of the molecule is Cc1nc(C(=O)O)n2cc(Br)ccc12. The standard InChI is InChI=1S/C9H7BrN2O2/c1-5-7-3-2-6(10)4-12(7)8(11-5)9(13)14/h2-4H,1H3,(H,13,14). The molecule has 0 amide bonds. The molecule has 0 radical (unpaired) electrons. The van der Waals surface area contributed by atoms with Gasteiger partial charge in [0.05, 0.1) is 11.2 Å². The normalized spacial score (nSPS) is 10.7. The average molecular weight is 255 g/mol. The fourth-order valence-corrected chi connectivity index (χ4v) is 1.70. The summed E-state index contributed by atoms with van der Waals surface area (Å²) in [4.78, 5) is 14.8. The van der Waals surface area contributed by atoms with E-state index in [4.69, 9.17) is 5.11 Å². The molecule has 0 saturated heterocycles. The minimum Gasteiger partial charge on any atom is -0.475 e. The molecule has 0 saturated carbocycles. The Kier molecular flexibility index (Phi) is 2.03. The van der Waals surface area contributed by atoms with E-state index in [2.05, 4.69) is 20.9 Å². The molecule has 0 aliphatic rings. The van der Waals surface area contributed by atoms with Gasteiger partial charge in [-0.25, -0.2) is 9.78 Å². The van der Waals surface area contributed by atoms with E-state index in [0.29, 0.717) is 0 Å². The Labute approximate surface area is 88.3 Å². The van der Waals surface area contributed by atoms with Crippen LogP contribution in [-0.4, -0.2) is 20.5 Å². The molecule has 0 aliphatic carbocycles. The number of halogens is 1. The molecule has 0 unspecified atom stereocenters. The molecule has 2 aromatic rings. The number of fused-ring (bicyclic) bond motifs is 1. The number of nitrogens with zero attached hydrogens (tertiary/aromatic N) is 2. The summed E-state index contributed by atoms with van der Waals surface area (Å²) in [6, 6.07) is 3.69. The summed E-state index contributed by atoms with van der Waals surface area (Å²) >= 11 is 3.28. The first-order valence-corrected chi connectivity index (χ1v) is 4.76. The van der Waals surface area contributed by atoms with Crippen molar-refractivity contribution in [3.63, 3.8) is 0 Å². The highest BCUT2D eigenvalue weighted by Gasteiger charge is 2.13. The van der Waals surface area contributed by atoms with Crippen LogP contribution in [0.15, 0.2) is 22.8 Å². The molecule has 2 aromatic heterocycles. The van der Waals surface area contributed by atoms with Gasteiger partial charge in [0, 0.05) is 10.7 Å². The average Bonchev–Trinajstić information content (AvgIpc) is 2.43. The van der Waals surface area contributed by atoms with E-state index in [1.165, 1.54) is 0 Å². The van der Waals surface area contributed by atoms with E-state index >= 15 is 0 Å². The fourth-order valence-electron chi connectivity index (χ4n) is 1.37. The molecule has 2 heterocycles.